The van der Waals surface area contributed by atoms with E-state index in [0.717, 1.165) is 33.5 Å². The maximum atomic E-state index is 14.0. The smallest absolute Gasteiger partial charge is 0.169 e. The van der Waals surface area contributed by atoms with Crippen LogP contribution in [0.4, 0.5) is 4.39 Å². The van der Waals surface area contributed by atoms with Gasteiger partial charge in [0.2, 0.25) is 0 Å². The van der Waals surface area contributed by atoms with Crippen LogP contribution in [0.5, 0.6) is 0 Å². The lowest BCUT2D eigenvalue weighted by Crippen LogP contribution is -2.52. The first-order valence-corrected chi connectivity index (χ1v) is 14.9. The van der Waals surface area contributed by atoms with Crippen LogP contribution in [0.25, 0.3) is 22.4 Å². The van der Waals surface area contributed by atoms with Gasteiger partial charge in [0, 0.05) is 47.8 Å². The predicted octanol–water partition coefficient (Wildman–Crippen LogP) is 7.86. The summed E-state index contributed by atoms with van der Waals surface area (Å²) in [6, 6.07) is 14.4. The van der Waals surface area contributed by atoms with E-state index in [0.29, 0.717) is 16.6 Å². The van der Waals surface area contributed by atoms with E-state index in [1.54, 1.807) is 24.8 Å². The molecule has 0 aliphatic rings. The molecular formula is C30H36FN3OSi. The molecule has 1 unspecified atom stereocenters. The molecule has 4 nitrogen and oxygen atoms in total. The van der Waals surface area contributed by atoms with Crippen LogP contribution in [0.1, 0.15) is 58.8 Å². The summed E-state index contributed by atoms with van der Waals surface area (Å²) < 4.78 is 16.6. The quantitative estimate of drug-likeness (QED) is 0.250. The van der Waals surface area contributed by atoms with Crippen molar-refractivity contribution in [3.8, 4) is 22.4 Å². The Labute approximate surface area is 215 Å². The molecule has 0 saturated heterocycles. The lowest BCUT2D eigenvalue weighted by atomic mass is 9.94. The molecular weight excluding hydrogens is 465 g/mol. The first kappa shape index (κ1) is 26.0. The van der Waals surface area contributed by atoms with Crippen LogP contribution >= 0.6 is 0 Å². The Balaban J connectivity index is 2.16. The highest BCUT2D eigenvalue weighted by Gasteiger charge is 2.47. The number of nitrogens with zero attached hydrogens (tertiary/aromatic N) is 3. The number of benzene rings is 1. The molecule has 4 aromatic rings. The first-order valence-electron chi connectivity index (χ1n) is 12.7. The average Bonchev–Trinajstić information content (AvgIpc) is 3.25. The molecule has 188 valence electrons. The van der Waals surface area contributed by atoms with Gasteiger partial charge < -0.3 is 9.34 Å². The molecule has 0 saturated carbocycles. The molecule has 3 heterocycles. The molecule has 0 bridgehead atoms. The zero-order valence-electron chi connectivity index (χ0n) is 22.0. The zero-order valence-corrected chi connectivity index (χ0v) is 23.0. The first-order chi connectivity index (χ1) is 17.2. The van der Waals surface area contributed by atoms with E-state index in [1.807, 2.05) is 36.4 Å². The standard InChI is InChI=1S/C30H36FN3OSi/c1-20(2)36(21(3)4,22(5)6)34-19-27(30(35)25-13-17-33-18-14-25)28(23-11-15-32-16-12-23)29(34)24-7-9-26(31)10-8-24/h7-22,30,35H,1-6H3. The van der Waals surface area contributed by atoms with Gasteiger partial charge in [-0.05, 0) is 81.8 Å². The SMILES string of the molecule is CC(C)[Si](C(C)C)(C(C)C)n1cc(C(O)c2ccncc2)c(-c2ccncc2)c1-c1ccc(F)cc1. The summed E-state index contributed by atoms with van der Waals surface area (Å²) in [6.45, 7) is 14.0. The maximum Gasteiger partial charge on any atom is 0.169 e. The number of hydrogen-bond donors (Lipinski definition) is 1. The van der Waals surface area contributed by atoms with Crippen LogP contribution in [0.2, 0.25) is 16.6 Å². The largest absolute Gasteiger partial charge is 0.384 e. The Kier molecular flexibility index (Phi) is 7.57. The lowest BCUT2D eigenvalue weighted by Gasteiger charge is -2.45. The molecule has 1 aromatic carbocycles. The number of aliphatic hydroxyl groups excluding tert-OH is 1. The second-order valence-corrected chi connectivity index (χ2v) is 16.2. The molecule has 0 aliphatic carbocycles. The second-order valence-electron chi connectivity index (χ2n) is 10.5. The highest BCUT2D eigenvalue weighted by atomic mass is 28.3. The van der Waals surface area contributed by atoms with E-state index in [4.69, 9.17) is 0 Å². The van der Waals surface area contributed by atoms with Gasteiger partial charge in [0.15, 0.2) is 8.24 Å². The Bertz CT molecular complexity index is 1260. The highest BCUT2D eigenvalue weighted by Crippen LogP contribution is 2.49. The average molecular weight is 502 g/mol. The minimum absolute atomic E-state index is 0.264. The van der Waals surface area contributed by atoms with Crippen molar-refractivity contribution >= 4 is 8.24 Å². The van der Waals surface area contributed by atoms with Crippen molar-refractivity contribution in [2.24, 2.45) is 0 Å². The number of pyridine rings is 2. The molecule has 1 N–H and O–H groups in total. The molecule has 1 atom stereocenters. The molecule has 36 heavy (non-hydrogen) atoms. The van der Waals surface area contributed by atoms with Gasteiger partial charge in [0.05, 0.1) is 0 Å². The minimum atomic E-state index is -2.25. The third-order valence-corrected chi connectivity index (χ3v) is 14.4. The van der Waals surface area contributed by atoms with E-state index in [9.17, 15) is 9.50 Å². The molecule has 0 amide bonds. The van der Waals surface area contributed by atoms with Crippen LogP contribution in [0, 0.1) is 5.82 Å². The maximum absolute atomic E-state index is 14.0. The van der Waals surface area contributed by atoms with Gasteiger partial charge in [0.1, 0.15) is 11.9 Å². The molecule has 6 heteroatoms. The summed E-state index contributed by atoms with van der Waals surface area (Å²) in [5, 5.41) is 11.7. The van der Waals surface area contributed by atoms with Crippen molar-refractivity contribution in [1.29, 1.82) is 0 Å². The zero-order chi connectivity index (χ0) is 26.0. The summed E-state index contributed by atoms with van der Waals surface area (Å²) in [5.41, 5.74) is 6.83. The van der Waals surface area contributed by atoms with Crippen LogP contribution in [0.15, 0.2) is 79.5 Å². The van der Waals surface area contributed by atoms with Gasteiger partial charge in [-0.25, -0.2) is 4.39 Å². The molecule has 0 radical (unpaired) electrons. The number of hydrogen-bond acceptors (Lipinski definition) is 3. The summed E-state index contributed by atoms with van der Waals surface area (Å²) in [6.07, 6.45) is 8.32. The van der Waals surface area contributed by atoms with Gasteiger partial charge in [-0.15, -0.1) is 0 Å². The normalized spacial score (nSPS) is 13.1. The van der Waals surface area contributed by atoms with E-state index in [2.05, 4.69) is 61.9 Å². The van der Waals surface area contributed by atoms with Gasteiger partial charge in [-0.1, -0.05) is 41.5 Å². The highest BCUT2D eigenvalue weighted by molar-refractivity contribution is 6.82. The van der Waals surface area contributed by atoms with Crippen LogP contribution in [-0.2, 0) is 0 Å². The van der Waals surface area contributed by atoms with E-state index in [1.165, 1.54) is 12.1 Å². The fourth-order valence-corrected chi connectivity index (χ4v) is 13.0. The van der Waals surface area contributed by atoms with Crippen molar-refractivity contribution in [2.45, 2.75) is 64.3 Å². The summed E-state index contributed by atoms with van der Waals surface area (Å²) in [5.74, 6) is -0.264. The number of aliphatic hydroxyl groups is 1. The predicted molar refractivity (Wildman–Crippen MR) is 148 cm³/mol. The van der Waals surface area contributed by atoms with Gasteiger partial charge in [-0.2, -0.15) is 0 Å². The van der Waals surface area contributed by atoms with Crippen molar-refractivity contribution in [1.82, 2.24) is 14.2 Å². The number of aromatic nitrogens is 3. The molecule has 0 aliphatic heterocycles. The lowest BCUT2D eigenvalue weighted by molar-refractivity contribution is 0.221. The third kappa shape index (κ3) is 4.44. The van der Waals surface area contributed by atoms with Crippen molar-refractivity contribution < 1.29 is 9.50 Å². The minimum Gasteiger partial charge on any atom is -0.384 e. The Hall–Kier alpha value is -3.09. The Morgan fingerprint density at radius 1 is 0.722 bits per heavy atom. The second kappa shape index (κ2) is 10.5. The molecule has 0 spiro atoms. The van der Waals surface area contributed by atoms with Crippen LogP contribution in [0.3, 0.4) is 0 Å². The van der Waals surface area contributed by atoms with Crippen molar-refractivity contribution in [3.63, 3.8) is 0 Å². The van der Waals surface area contributed by atoms with Crippen LogP contribution in [-0.4, -0.2) is 27.5 Å². The summed E-state index contributed by atoms with van der Waals surface area (Å²) in [4.78, 5) is 8.38. The fraction of sp³-hybridized carbons (Fsp3) is 0.333. The Morgan fingerprint density at radius 3 is 1.72 bits per heavy atom. The third-order valence-electron chi connectivity index (χ3n) is 7.63. The van der Waals surface area contributed by atoms with Crippen LogP contribution < -0.4 is 0 Å². The fourth-order valence-electron chi connectivity index (χ4n) is 6.31. The molecule has 3 aromatic heterocycles. The summed E-state index contributed by atoms with van der Waals surface area (Å²) >= 11 is 0. The number of halogens is 1. The number of rotatable bonds is 8. The van der Waals surface area contributed by atoms with E-state index < -0.39 is 14.3 Å². The molecule has 0 fully saturated rings. The van der Waals surface area contributed by atoms with Gasteiger partial charge in [0.25, 0.3) is 0 Å². The monoisotopic (exact) mass is 501 g/mol. The van der Waals surface area contributed by atoms with E-state index in [-0.39, 0.29) is 5.82 Å². The van der Waals surface area contributed by atoms with Gasteiger partial charge in [-0.3, -0.25) is 9.97 Å². The summed E-state index contributed by atoms with van der Waals surface area (Å²) in [7, 11) is -2.25. The molecule has 4 rings (SSSR count). The van der Waals surface area contributed by atoms with E-state index >= 15 is 0 Å². The topological polar surface area (TPSA) is 50.9 Å². The van der Waals surface area contributed by atoms with Crippen molar-refractivity contribution in [3.05, 3.63) is 96.5 Å². The Morgan fingerprint density at radius 2 is 1.22 bits per heavy atom. The van der Waals surface area contributed by atoms with Gasteiger partial charge >= 0.3 is 0 Å². The van der Waals surface area contributed by atoms with Crippen molar-refractivity contribution in [2.75, 3.05) is 0 Å².